The highest BCUT2D eigenvalue weighted by Gasteiger charge is 2.19. The van der Waals surface area contributed by atoms with Crippen molar-refractivity contribution in [3.05, 3.63) is 52.8 Å². The largest absolute Gasteiger partial charge is 0.326 e. The molecular formula is C15H19N3O2S. The van der Waals surface area contributed by atoms with E-state index in [2.05, 4.69) is 9.71 Å². The number of hydrogen-bond acceptors (Lipinski definition) is 4. The third-order valence-electron chi connectivity index (χ3n) is 3.35. The van der Waals surface area contributed by atoms with E-state index in [-0.39, 0.29) is 4.90 Å². The number of nitrogens with two attached hydrogens (primary N) is 1. The van der Waals surface area contributed by atoms with Crippen LogP contribution in [0.1, 0.15) is 22.4 Å². The molecule has 0 fully saturated rings. The van der Waals surface area contributed by atoms with Crippen molar-refractivity contribution in [2.75, 3.05) is 4.72 Å². The van der Waals surface area contributed by atoms with Crippen LogP contribution in [-0.4, -0.2) is 13.4 Å². The maximum absolute atomic E-state index is 12.6. The number of anilines is 1. The molecule has 0 aliphatic rings. The Morgan fingerprint density at radius 3 is 2.52 bits per heavy atom. The minimum Gasteiger partial charge on any atom is -0.326 e. The van der Waals surface area contributed by atoms with E-state index in [0.717, 1.165) is 22.4 Å². The number of sulfonamides is 1. The first-order valence-electron chi connectivity index (χ1n) is 6.59. The van der Waals surface area contributed by atoms with Crippen LogP contribution in [0.4, 0.5) is 5.69 Å². The van der Waals surface area contributed by atoms with Crippen molar-refractivity contribution in [3.8, 4) is 0 Å². The second-order valence-electron chi connectivity index (χ2n) is 5.03. The SMILES string of the molecule is Cc1cc(NS(=O)(=O)c2cc(CN)cc(C)c2C)ccn1. The van der Waals surface area contributed by atoms with E-state index in [1.165, 1.54) is 0 Å². The molecule has 112 valence electrons. The first-order chi connectivity index (χ1) is 9.83. The predicted molar refractivity (Wildman–Crippen MR) is 83.6 cm³/mol. The van der Waals surface area contributed by atoms with Gasteiger partial charge in [0.25, 0.3) is 10.0 Å². The molecular weight excluding hydrogens is 286 g/mol. The van der Waals surface area contributed by atoms with Gasteiger partial charge in [0.15, 0.2) is 0 Å². The molecule has 2 aromatic rings. The Hall–Kier alpha value is -1.92. The fourth-order valence-corrected chi connectivity index (χ4v) is 3.53. The number of nitrogens with zero attached hydrogens (tertiary/aromatic N) is 1. The Morgan fingerprint density at radius 2 is 1.90 bits per heavy atom. The van der Waals surface area contributed by atoms with E-state index in [1.54, 1.807) is 31.3 Å². The standard InChI is InChI=1S/C15H19N3O2S/c1-10-6-13(9-16)8-15(12(10)3)21(19,20)18-14-4-5-17-11(2)7-14/h4-8H,9,16H2,1-3H3,(H,17,18). The summed E-state index contributed by atoms with van der Waals surface area (Å²) < 4.78 is 27.7. The summed E-state index contributed by atoms with van der Waals surface area (Å²) in [6.45, 7) is 5.78. The van der Waals surface area contributed by atoms with Gasteiger partial charge in [-0.1, -0.05) is 6.07 Å². The number of pyridine rings is 1. The highest BCUT2D eigenvalue weighted by Crippen LogP contribution is 2.23. The number of rotatable bonds is 4. The first-order valence-corrected chi connectivity index (χ1v) is 8.07. The second kappa shape index (κ2) is 5.83. The average molecular weight is 305 g/mol. The molecule has 0 bridgehead atoms. The summed E-state index contributed by atoms with van der Waals surface area (Å²) in [4.78, 5) is 4.31. The van der Waals surface area contributed by atoms with E-state index in [0.29, 0.717) is 12.2 Å². The van der Waals surface area contributed by atoms with Gasteiger partial charge in [-0.15, -0.1) is 0 Å². The van der Waals surface area contributed by atoms with Crippen molar-refractivity contribution in [2.45, 2.75) is 32.2 Å². The minimum absolute atomic E-state index is 0.261. The van der Waals surface area contributed by atoms with Crippen LogP contribution in [0.25, 0.3) is 0 Å². The molecule has 0 amide bonds. The summed E-state index contributed by atoms with van der Waals surface area (Å²) in [6, 6.07) is 6.84. The lowest BCUT2D eigenvalue weighted by Gasteiger charge is -2.14. The first kappa shape index (κ1) is 15.5. The van der Waals surface area contributed by atoms with E-state index in [4.69, 9.17) is 5.73 Å². The molecule has 0 saturated carbocycles. The molecule has 0 aliphatic carbocycles. The summed E-state index contributed by atoms with van der Waals surface area (Å²) in [6.07, 6.45) is 1.57. The van der Waals surface area contributed by atoms with Crippen molar-refractivity contribution in [1.82, 2.24) is 4.98 Å². The fourth-order valence-electron chi connectivity index (χ4n) is 2.12. The topological polar surface area (TPSA) is 85.1 Å². The Kier molecular flexibility index (Phi) is 4.29. The maximum Gasteiger partial charge on any atom is 0.262 e. The van der Waals surface area contributed by atoms with Crippen molar-refractivity contribution in [1.29, 1.82) is 0 Å². The number of nitrogens with one attached hydrogen (secondary N) is 1. The van der Waals surface area contributed by atoms with Crippen LogP contribution in [-0.2, 0) is 16.6 Å². The summed E-state index contributed by atoms with van der Waals surface area (Å²) in [5.74, 6) is 0. The third-order valence-corrected chi connectivity index (χ3v) is 4.86. The highest BCUT2D eigenvalue weighted by molar-refractivity contribution is 7.92. The van der Waals surface area contributed by atoms with Gasteiger partial charge in [-0.2, -0.15) is 0 Å². The number of benzene rings is 1. The van der Waals surface area contributed by atoms with Crippen molar-refractivity contribution >= 4 is 15.7 Å². The summed E-state index contributed by atoms with van der Waals surface area (Å²) >= 11 is 0. The van der Waals surface area contributed by atoms with Gasteiger partial charge in [0, 0.05) is 18.4 Å². The zero-order valence-corrected chi connectivity index (χ0v) is 13.2. The van der Waals surface area contributed by atoms with Gasteiger partial charge in [-0.05, 0) is 55.7 Å². The molecule has 6 heteroatoms. The van der Waals surface area contributed by atoms with E-state index >= 15 is 0 Å². The average Bonchev–Trinajstić information content (AvgIpc) is 2.41. The third kappa shape index (κ3) is 3.40. The van der Waals surface area contributed by atoms with Crippen LogP contribution < -0.4 is 10.5 Å². The molecule has 0 radical (unpaired) electrons. The van der Waals surface area contributed by atoms with Crippen LogP contribution in [0.3, 0.4) is 0 Å². The molecule has 5 nitrogen and oxygen atoms in total. The molecule has 0 atom stereocenters. The predicted octanol–water partition coefficient (Wildman–Crippen LogP) is 2.27. The molecule has 21 heavy (non-hydrogen) atoms. The molecule has 1 aromatic carbocycles. The van der Waals surface area contributed by atoms with Crippen LogP contribution in [0, 0.1) is 20.8 Å². The fraction of sp³-hybridized carbons (Fsp3) is 0.267. The Balaban J connectivity index is 2.47. The van der Waals surface area contributed by atoms with Gasteiger partial charge in [-0.25, -0.2) is 8.42 Å². The van der Waals surface area contributed by atoms with Crippen LogP contribution in [0.2, 0.25) is 0 Å². The van der Waals surface area contributed by atoms with Gasteiger partial charge in [0.1, 0.15) is 0 Å². The lowest BCUT2D eigenvalue weighted by molar-refractivity contribution is 0.600. The molecule has 2 rings (SSSR count). The molecule has 0 saturated heterocycles. The van der Waals surface area contributed by atoms with Crippen molar-refractivity contribution in [2.24, 2.45) is 5.73 Å². The number of aryl methyl sites for hydroxylation is 2. The Morgan fingerprint density at radius 1 is 1.19 bits per heavy atom. The van der Waals surface area contributed by atoms with E-state index < -0.39 is 10.0 Å². The second-order valence-corrected chi connectivity index (χ2v) is 6.68. The molecule has 0 unspecified atom stereocenters. The maximum atomic E-state index is 12.6. The number of aromatic nitrogens is 1. The van der Waals surface area contributed by atoms with Gasteiger partial charge >= 0.3 is 0 Å². The molecule has 0 aliphatic heterocycles. The Bertz CT molecular complexity index is 770. The summed E-state index contributed by atoms with van der Waals surface area (Å²) in [5, 5.41) is 0. The lowest BCUT2D eigenvalue weighted by atomic mass is 10.1. The quantitative estimate of drug-likeness (QED) is 0.907. The number of hydrogen-bond donors (Lipinski definition) is 2. The van der Waals surface area contributed by atoms with E-state index in [9.17, 15) is 8.42 Å². The lowest BCUT2D eigenvalue weighted by Crippen LogP contribution is -2.16. The van der Waals surface area contributed by atoms with Gasteiger partial charge < -0.3 is 5.73 Å². The van der Waals surface area contributed by atoms with Crippen LogP contribution >= 0.6 is 0 Å². The highest BCUT2D eigenvalue weighted by atomic mass is 32.2. The van der Waals surface area contributed by atoms with Crippen molar-refractivity contribution in [3.63, 3.8) is 0 Å². The molecule has 0 spiro atoms. The zero-order valence-electron chi connectivity index (χ0n) is 12.3. The van der Waals surface area contributed by atoms with Gasteiger partial charge in [0.05, 0.1) is 10.6 Å². The zero-order chi connectivity index (χ0) is 15.6. The van der Waals surface area contributed by atoms with Gasteiger partial charge in [-0.3, -0.25) is 9.71 Å². The minimum atomic E-state index is -3.65. The van der Waals surface area contributed by atoms with Crippen LogP contribution in [0.5, 0.6) is 0 Å². The molecule has 1 heterocycles. The van der Waals surface area contributed by atoms with E-state index in [1.807, 2.05) is 19.9 Å². The summed E-state index contributed by atoms with van der Waals surface area (Å²) in [7, 11) is -3.65. The normalized spacial score (nSPS) is 11.4. The monoisotopic (exact) mass is 305 g/mol. The summed E-state index contributed by atoms with van der Waals surface area (Å²) in [5.41, 5.74) is 9.31. The Labute approximate surface area is 125 Å². The van der Waals surface area contributed by atoms with Gasteiger partial charge in [0.2, 0.25) is 0 Å². The van der Waals surface area contributed by atoms with Crippen molar-refractivity contribution < 1.29 is 8.42 Å². The molecule has 3 N–H and O–H groups in total. The smallest absolute Gasteiger partial charge is 0.262 e. The molecule has 1 aromatic heterocycles. The van der Waals surface area contributed by atoms with Crippen LogP contribution in [0.15, 0.2) is 35.4 Å².